The van der Waals surface area contributed by atoms with Crippen molar-refractivity contribution in [1.82, 2.24) is 5.43 Å². The lowest BCUT2D eigenvalue weighted by Gasteiger charge is -2.11. The van der Waals surface area contributed by atoms with Gasteiger partial charge in [-0.25, -0.2) is 5.43 Å². The molecule has 0 saturated carbocycles. The van der Waals surface area contributed by atoms with Crippen LogP contribution in [0.15, 0.2) is 65.8 Å². The van der Waals surface area contributed by atoms with E-state index < -0.39 is 11.8 Å². The average Bonchev–Trinajstić information content (AvgIpc) is 2.76. The van der Waals surface area contributed by atoms with Gasteiger partial charge >= 0.3 is 11.8 Å². The van der Waals surface area contributed by atoms with Crippen LogP contribution in [0.25, 0.3) is 10.8 Å². The number of rotatable bonds is 5. The number of carbonyl (C=O) groups excluding carboxylic acids is 2. The van der Waals surface area contributed by atoms with E-state index in [1.54, 1.807) is 25.1 Å². The van der Waals surface area contributed by atoms with E-state index in [2.05, 4.69) is 15.8 Å². The molecular formula is C22H21N3O4. The molecule has 2 amide bonds. The number of benzene rings is 3. The predicted molar refractivity (Wildman–Crippen MR) is 112 cm³/mol. The van der Waals surface area contributed by atoms with Gasteiger partial charge in [-0.2, -0.15) is 5.10 Å². The van der Waals surface area contributed by atoms with Gasteiger partial charge in [-0.3, -0.25) is 9.59 Å². The number of hydrogen-bond acceptors (Lipinski definition) is 5. The summed E-state index contributed by atoms with van der Waals surface area (Å²) >= 11 is 0. The lowest BCUT2D eigenvalue weighted by molar-refractivity contribution is -0.136. The summed E-state index contributed by atoms with van der Waals surface area (Å²) in [6.07, 6.45) is 0. The summed E-state index contributed by atoms with van der Waals surface area (Å²) in [6.45, 7) is 1.77. The second-order valence-electron chi connectivity index (χ2n) is 6.19. The lowest BCUT2D eigenvalue weighted by Crippen LogP contribution is -2.33. The van der Waals surface area contributed by atoms with Gasteiger partial charge in [-0.1, -0.05) is 42.5 Å². The molecule has 2 N–H and O–H groups in total. The second kappa shape index (κ2) is 8.88. The third-order valence-electron chi connectivity index (χ3n) is 4.37. The topological polar surface area (TPSA) is 89.0 Å². The van der Waals surface area contributed by atoms with E-state index in [1.165, 1.54) is 14.2 Å². The molecule has 0 aliphatic heterocycles. The molecule has 0 radical (unpaired) electrons. The van der Waals surface area contributed by atoms with Gasteiger partial charge in [0.2, 0.25) is 0 Å². The van der Waals surface area contributed by atoms with Gasteiger partial charge in [0.1, 0.15) is 11.5 Å². The Morgan fingerprint density at radius 1 is 0.897 bits per heavy atom. The number of nitrogens with zero attached hydrogens (tertiary/aromatic N) is 1. The molecule has 3 rings (SSSR count). The van der Waals surface area contributed by atoms with Crippen molar-refractivity contribution in [3.05, 3.63) is 66.2 Å². The van der Waals surface area contributed by atoms with Crippen molar-refractivity contribution < 1.29 is 19.1 Å². The van der Waals surface area contributed by atoms with Crippen molar-refractivity contribution in [2.45, 2.75) is 6.92 Å². The summed E-state index contributed by atoms with van der Waals surface area (Å²) < 4.78 is 10.3. The van der Waals surface area contributed by atoms with Crippen molar-refractivity contribution >= 4 is 34.0 Å². The first-order chi connectivity index (χ1) is 14.0. The molecule has 0 unspecified atom stereocenters. The maximum absolute atomic E-state index is 12.3. The van der Waals surface area contributed by atoms with Crippen molar-refractivity contribution in [2.24, 2.45) is 5.10 Å². The number of amides is 2. The Morgan fingerprint density at radius 3 is 2.41 bits per heavy atom. The van der Waals surface area contributed by atoms with Crippen LogP contribution in [0.2, 0.25) is 0 Å². The van der Waals surface area contributed by atoms with Gasteiger partial charge in [0.25, 0.3) is 0 Å². The average molecular weight is 391 g/mol. The molecule has 3 aromatic carbocycles. The SMILES string of the molecule is COc1ccc(OC)c(NC(=O)C(=O)N/N=C(\C)c2cccc3ccccc23)c1. The van der Waals surface area contributed by atoms with Gasteiger partial charge in [0.05, 0.1) is 25.6 Å². The molecular weight excluding hydrogens is 370 g/mol. The maximum atomic E-state index is 12.3. The highest BCUT2D eigenvalue weighted by Gasteiger charge is 2.16. The lowest BCUT2D eigenvalue weighted by atomic mass is 10.0. The highest BCUT2D eigenvalue weighted by molar-refractivity contribution is 6.39. The van der Waals surface area contributed by atoms with Crippen molar-refractivity contribution in [3.8, 4) is 11.5 Å². The number of ether oxygens (including phenoxy) is 2. The van der Waals surface area contributed by atoms with Crippen LogP contribution in [-0.2, 0) is 9.59 Å². The number of fused-ring (bicyclic) bond motifs is 1. The quantitative estimate of drug-likeness (QED) is 0.397. The number of carbonyl (C=O) groups is 2. The minimum atomic E-state index is -0.894. The van der Waals surface area contributed by atoms with E-state index in [4.69, 9.17) is 9.47 Å². The summed E-state index contributed by atoms with van der Waals surface area (Å²) in [5, 5.41) is 8.66. The van der Waals surface area contributed by atoms with Gasteiger partial charge < -0.3 is 14.8 Å². The van der Waals surface area contributed by atoms with Crippen LogP contribution in [0.5, 0.6) is 11.5 Å². The summed E-state index contributed by atoms with van der Waals surface area (Å²) in [5.74, 6) is -0.839. The molecule has 0 heterocycles. The zero-order valence-electron chi connectivity index (χ0n) is 16.4. The van der Waals surface area contributed by atoms with Crippen LogP contribution in [0.1, 0.15) is 12.5 Å². The first-order valence-corrected chi connectivity index (χ1v) is 8.89. The molecule has 0 spiro atoms. The normalized spacial score (nSPS) is 11.1. The second-order valence-corrected chi connectivity index (χ2v) is 6.19. The number of methoxy groups -OCH3 is 2. The molecule has 3 aromatic rings. The Labute approximate surface area is 168 Å². The van der Waals surface area contributed by atoms with Gasteiger partial charge in [0, 0.05) is 11.6 Å². The minimum Gasteiger partial charge on any atom is -0.497 e. The molecule has 0 aliphatic rings. The smallest absolute Gasteiger partial charge is 0.329 e. The van der Waals surface area contributed by atoms with E-state index in [0.29, 0.717) is 22.9 Å². The van der Waals surface area contributed by atoms with E-state index in [-0.39, 0.29) is 0 Å². The summed E-state index contributed by atoms with van der Waals surface area (Å²) in [6, 6.07) is 18.6. The zero-order chi connectivity index (χ0) is 20.8. The molecule has 7 heteroatoms. The Balaban J connectivity index is 1.74. The molecule has 0 saturated heterocycles. The highest BCUT2D eigenvalue weighted by atomic mass is 16.5. The molecule has 148 valence electrons. The van der Waals surface area contributed by atoms with Gasteiger partial charge in [0.15, 0.2) is 0 Å². The van der Waals surface area contributed by atoms with Crippen LogP contribution < -0.4 is 20.2 Å². The molecule has 0 aliphatic carbocycles. The Hall–Kier alpha value is -3.87. The molecule has 7 nitrogen and oxygen atoms in total. The molecule has 0 aromatic heterocycles. The fourth-order valence-electron chi connectivity index (χ4n) is 2.88. The highest BCUT2D eigenvalue weighted by Crippen LogP contribution is 2.28. The third kappa shape index (κ3) is 4.52. The summed E-state index contributed by atoms with van der Waals surface area (Å²) in [5.41, 5.74) is 4.08. The number of hydrogen-bond donors (Lipinski definition) is 2. The molecule has 29 heavy (non-hydrogen) atoms. The van der Waals surface area contributed by atoms with E-state index >= 15 is 0 Å². The summed E-state index contributed by atoms with van der Waals surface area (Å²) in [7, 11) is 2.97. The Morgan fingerprint density at radius 2 is 1.66 bits per heavy atom. The predicted octanol–water partition coefficient (Wildman–Crippen LogP) is 3.34. The Bertz CT molecular complexity index is 1090. The zero-order valence-corrected chi connectivity index (χ0v) is 16.4. The summed E-state index contributed by atoms with van der Waals surface area (Å²) in [4.78, 5) is 24.5. The van der Waals surface area contributed by atoms with Crippen LogP contribution in [-0.4, -0.2) is 31.7 Å². The molecule has 0 atom stereocenters. The van der Waals surface area contributed by atoms with Crippen LogP contribution in [0.3, 0.4) is 0 Å². The van der Waals surface area contributed by atoms with Gasteiger partial charge in [-0.15, -0.1) is 0 Å². The van der Waals surface area contributed by atoms with E-state index in [1.807, 2.05) is 42.5 Å². The van der Waals surface area contributed by atoms with E-state index in [0.717, 1.165) is 16.3 Å². The standard InChI is InChI=1S/C22H21N3O4/c1-14(17-10-6-8-15-7-4-5-9-18(15)17)24-25-22(27)21(26)23-19-13-16(28-2)11-12-20(19)29-3/h4-13H,1-3H3,(H,23,26)(H,25,27)/b24-14+. The monoisotopic (exact) mass is 391 g/mol. The first-order valence-electron chi connectivity index (χ1n) is 8.89. The van der Waals surface area contributed by atoms with Crippen LogP contribution in [0.4, 0.5) is 5.69 Å². The molecule has 0 bridgehead atoms. The fourth-order valence-corrected chi connectivity index (χ4v) is 2.88. The van der Waals surface area contributed by atoms with Crippen molar-refractivity contribution in [1.29, 1.82) is 0 Å². The minimum absolute atomic E-state index is 0.321. The van der Waals surface area contributed by atoms with Gasteiger partial charge in [-0.05, 0) is 29.8 Å². The number of nitrogens with one attached hydrogen (secondary N) is 2. The van der Waals surface area contributed by atoms with Crippen molar-refractivity contribution in [2.75, 3.05) is 19.5 Å². The van der Waals surface area contributed by atoms with E-state index in [9.17, 15) is 9.59 Å². The Kier molecular flexibility index (Phi) is 6.09. The number of hydrazone groups is 1. The first kappa shape index (κ1) is 19.9. The molecule has 0 fully saturated rings. The maximum Gasteiger partial charge on any atom is 0.329 e. The van der Waals surface area contributed by atoms with Crippen LogP contribution in [0, 0.1) is 0 Å². The van der Waals surface area contributed by atoms with Crippen molar-refractivity contribution in [3.63, 3.8) is 0 Å². The van der Waals surface area contributed by atoms with Crippen LogP contribution >= 0.6 is 0 Å². The fraction of sp³-hybridized carbons (Fsp3) is 0.136. The third-order valence-corrected chi connectivity index (χ3v) is 4.37. The number of anilines is 1. The largest absolute Gasteiger partial charge is 0.497 e.